The van der Waals surface area contributed by atoms with Gasteiger partial charge in [-0.3, -0.25) is 14.6 Å². The van der Waals surface area contributed by atoms with Gasteiger partial charge in [0.25, 0.3) is 0 Å². The van der Waals surface area contributed by atoms with Gasteiger partial charge in [0.05, 0.1) is 23.8 Å². The first kappa shape index (κ1) is 33.1. The lowest BCUT2D eigenvalue weighted by Gasteiger charge is -2.29. The highest BCUT2D eigenvalue weighted by Crippen LogP contribution is 2.40. The van der Waals surface area contributed by atoms with E-state index in [2.05, 4.69) is 73.1 Å². The van der Waals surface area contributed by atoms with Crippen molar-refractivity contribution in [3.8, 4) is 39.2 Å². The molecule has 1 amide bonds. The van der Waals surface area contributed by atoms with Gasteiger partial charge in [-0.25, -0.2) is 9.97 Å². The fourth-order valence-corrected chi connectivity index (χ4v) is 8.39. The van der Waals surface area contributed by atoms with Crippen LogP contribution in [-0.2, 0) is 24.3 Å². The molecule has 1 saturated heterocycles. The first-order chi connectivity index (χ1) is 23.7. The van der Waals surface area contributed by atoms with E-state index >= 15 is 0 Å². The van der Waals surface area contributed by atoms with Crippen LogP contribution in [0.4, 0.5) is 0 Å². The summed E-state index contributed by atoms with van der Waals surface area (Å²) in [5.41, 5.74) is 10.3. The molecular formula is C39H42N6O3S. The molecular weight excluding hydrogens is 633 g/mol. The van der Waals surface area contributed by atoms with Crippen molar-refractivity contribution in [1.29, 1.82) is 5.26 Å². The Morgan fingerprint density at radius 1 is 1.08 bits per heavy atom. The van der Waals surface area contributed by atoms with Gasteiger partial charge in [-0.05, 0) is 93.1 Å². The molecule has 0 unspecified atom stereocenters. The monoisotopic (exact) mass is 674 g/mol. The van der Waals surface area contributed by atoms with Gasteiger partial charge in [-0.1, -0.05) is 30.3 Å². The normalized spacial score (nSPS) is 16.7. The number of fused-ring (bicyclic) bond motifs is 2. The summed E-state index contributed by atoms with van der Waals surface area (Å²) in [6, 6.07) is 19.4. The number of nitrogens with zero attached hydrogens (tertiary/aromatic N) is 5. The van der Waals surface area contributed by atoms with E-state index in [-0.39, 0.29) is 25.0 Å². The molecule has 1 fully saturated rings. The van der Waals surface area contributed by atoms with Crippen molar-refractivity contribution >= 4 is 28.3 Å². The summed E-state index contributed by atoms with van der Waals surface area (Å²) in [6.45, 7) is 13.0. The smallest absolute Gasteiger partial charge is 0.227 e. The number of thiazole rings is 1. The highest BCUT2D eigenvalue weighted by atomic mass is 32.1. The number of aliphatic hydroxyl groups excluding tert-OH is 1. The third kappa shape index (κ3) is 6.52. The average molecular weight is 675 g/mol. The molecule has 9 nitrogen and oxygen atoms in total. The molecule has 2 aromatic heterocycles. The van der Waals surface area contributed by atoms with Crippen LogP contribution in [0.25, 0.3) is 44.3 Å². The number of hydrogen-bond donors (Lipinski definition) is 2. The van der Waals surface area contributed by atoms with Crippen molar-refractivity contribution in [2.24, 2.45) is 5.92 Å². The lowest BCUT2D eigenvalue weighted by Crippen LogP contribution is -2.35. The fraction of sp³-hybridized carbons (Fsp3) is 0.385. The first-order valence-electron chi connectivity index (χ1n) is 17.1. The number of nitrogens with one attached hydrogen (secondary N) is 1. The van der Waals surface area contributed by atoms with Gasteiger partial charge < -0.3 is 14.8 Å². The zero-order valence-corrected chi connectivity index (χ0v) is 29.4. The van der Waals surface area contributed by atoms with E-state index in [9.17, 15) is 10.1 Å². The predicted octanol–water partition coefficient (Wildman–Crippen LogP) is 6.47. The molecule has 49 heavy (non-hydrogen) atoms. The Bertz CT molecular complexity index is 2080. The van der Waals surface area contributed by atoms with Gasteiger partial charge in [-0.2, -0.15) is 5.26 Å². The largest absolute Gasteiger partial charge is 0.435 e. The minimum absolute atomic E-state index is 0.0227. The van der Waals surface area contributed by atoms with Crippen LogP contribution in [0.2, 0.25) is 0 Å². The number of oxazole rings is 1. The standard InChI is InChI=1S/C39H42N6O3S/c1-23(2)45-15-12-35-34(22-45)43-39(49-35)32-10-6-8-30(25(32)4)29-7-5-9-31(24(29)3)38-42-33-18-26(17-28(19-40)36(33)48-38)20-44-14-11-27(21-44)37(47)41-13-16-46/h5-10,17-18,23,27,46H,11-16,20-22H2,1-4H3,(H,41,47)/t27-/m1/s1. The Morgan fingerprint density at radius 2 is 1.82 bits per heavy atom. The lowest BCUT2D eigenvalue weighted by atomic mass is 9.91. The predicted molar refractivity (Wildman–Crippen MR) is 193 cm³/mol. The number of nitriles is 1. The van der Waals surface area contributed by atoms with E-state index in [1.165, 1.54) is 21.7 Å². The van der Waals surface area contributed by atoms with Crippen LogP contribution < -0.4 is 5.32 Å². The van der Waals surface area contributed by atoms with Crippen LogP contribution in [0.3, 0.4) is 0 Å². The Balaban J connectivity index is 1.16. The number of carbonyl (C=O) groups is 1. The second-order valence-electron chi connectivity index (χ2n) is 13.5. The number of carbonyl (C=O) groups excluding carboxylic acids is 1. The van der Waals surface area contributed by atoms with E-state index < -0.39 is 0 Å². The Labute approximate surface area is 291 Å². The van der Waals surface area contributed by atoms with Crippen LogP contribution >= 0.6 is 11.3 Å². The summed E-state index contributed by atoms with van der Waals surface area (Å²) >= 11 is 1.83. The molecule has 0 bridgehead atoms. The minimum Gasteiger partial charge on any atom is -0.435 e. The third-order valence-electron chi connectivity index (χ3n) is 10.0. The van der Waals surface area contributed by atoms with Gasteiger partial charge in [0.15, 0.2) is 5.58 Å². The number of aromatic nitrogens is 2. The molecule has 0 radical (unpaired) electrons. The molecule has 4 heterocycles. The fourth-order valence-electron chi connectivity index (χ4n) is 7.25. The summed E-state index contributed by atoms with van der Waals surface area (Å²) in [5.74, 6) is 0.359. The number of hydrogen-bond acceptors (Lipinski definition) is 9. The number of benzene rings is 3. The van der Waals surface area contributed by atoms with Crippen molar-refractivity contribution < 1.29 is 14.3 Å². The van der Waals surface area contributed by atoms with Gasteiger partial charge in [-0.15, -0.1) is 11.3 Å². The van der Waals surface area contributed by atoms with E-state index in [4.69, 9.17) is 19.5 Å². The maximum atomic E-state index is 12.4. The molecule has 2 aliphatic rings. The van der Waals surface area contributed by atoms with Crippen LogP contribution in [0.1, 0.15) is 53.1 Å². The quantitative estimate of drug-likeness (QED) is 0.183. The Kier molecular flexibility index (Phi) is 9.36. The third-order valence-corrected chi connectivity index (χ3v) is 11.2. The van der Waals surface area contributed by atoms with Crippen molar-refractivity contribution in [3.05, 3.63) is 81.4 Å². The van der Waals surface area contributed by atoms with Crippen molar-refractivity contribution in [1.82, 2.24) is 25.1 Å². The highest BCUT2D eigenvalue weighted by Gasteiger charge is 2.29. The van der Waals surface area contributed by atoms with Crippen LogP contribution in [0, 0.1) is 31.1 Å². The zero-order chi connectivity index (χ0) is 34.2. The first-order valence-corrected chi connectivity index (χ1v) is 17.9. The molecule has 0 aliphatic carbocycles. The molecule has 1 atom stereocenters. The topological polar surface area (TPSA) is 119 Å². The molecule has 5 aromatic rings. The average Bonchev–Trinajstić information content (AvgIpc) is 3.85. The van der Waals surface area contributed by atoms with Crippen molar-refractivity contribution in [2.75, 3.05) is 32.8 Å². The molecule has 7 rings (SSSR count). The van der Waals surface area contributed by atoms with Crippen molar-refractivity contribution in [2.45, 2.75) is 59.7 Å². The second-order valence-corrected chi connectivity index (χ2v) is 14.6. The van der Waals surface area contributed by atoms with Gasteiger partial charge in [0, 0.05) is 54.8 Å². The summed E-state index contributed by atoms with van der Waals surface area (Å²) < 4.78 is 6.32. The lowest BCUT2D eigenvalue weighted by molar-refractivity contribution is -0.124. The number of aliphatic hydroxyl groups is 1. The van der Waals surface area contributed by atoms with E-state index in [0.29, 0.717) is 41.7 Å². The van der Waals surface area contributed by atoms with E-state index in [0.717, 1.165) is 65.3 Å². The van der Waals surface area contributed by atoms with Gasteiger partial charge >= 0.3 is 0 Å². The summed E-state index contributed by atoms with van der Waals surface area (Å²) in [4.78, 5) is 28.6. The Morgan fingerprint density at radius 3 is 2.55 bits per heavy atom. The van der Waals surface area contributed by atoms with Gasteiger partial charge in [0.2, 0.25) is 11.8 Å². The van der Waals surface area contributed by atoms with E-state index in [1.807, 2.05) is 35.6 Å². The van der Waals surface area contributed by atoms with Gasteiger partial charge in [0.1, 0.15) is 16.6 Å². The number of likely N-dealkylation sites (tertiary alicyclic amines) is 1. The minimum atomic E-state index is -0.105. The van der Waals surface area contributed by atoms with Crippen LogP contribution in [-0.4, -0.2) is 69.6 Å². The zero-order valence-electron chi connectivity index (χ0n) is 28.5. The Hall–Kier alpha value is -4.40. The molecule has 252 valence electrons. The van der Waals surface area contributed by atoms with Crippen LogP contribution in [0.5, 0.6) is 0 Å². The molecule has 0 saturated carbocycles. The molecule has 2 aliphatic heterocycles. The highest BCUT2D eigenvalue weighted by molar-refractivity contribution is 7.15. The number of amides is 1. The molecule has 3 aromatic carbocycles. The maximum Gasteiger partial charge on any atom is 0.227 e. The molecule has 2 N–H and O–H groups in total. The maximum absolute atomic E-state index is 12.4. The summed E-state index contributed by atoms with van der Waals surface area (Å²) in [6.07, 6.45) is 1.81. The SMILES string of the molecule is Cc1c(-c2nc3cc(CN4CC[C@@H](C(=O)NCCO)C4)cc(C#N)c3o2)cccc1-c1cccc(-c2nc3c(s2)CCN(C(C)C)C3)c1C. The van der Waals surface area contributed by atoms with Crippen molar-refractivity contribution in [3.63, 3.8) is 0 Å². The molecule has 0 spiro atoms. The second kappa shape index (κ2) is 13.8. The summed E-state index contributed by atoms with van der Waals surface area (Å²) in [5, 5.41) is 22.9. The van der Waals surface area contributed by atoms with Crippen LogP contribution in [0.15, 0.2) is 52.9 Å². The van der Waals surface area contributed by atoms with E-state index in [1.54, 1.807) is 0 Å². The summed E-state index contributed by atoms with van der Waals surface area (Å²) in [7, 11) is 0. The molecule has 10 heteroatoms. The number of rotatable bonds is 9.